The first kappa shape index (κ1) is 40.0. The summed E-state index contributed by atoms with van der Waals surface area (Å²) in [6.07, 6.45) is -3.17. The Morgan fingerprint density at radius 3 is 2.45 bits per heavy atom. The molecule has 1 aromatic rings. The number of ketones is 1. The van der Waals surface area contributed by atoms with Crippen LogP contribution in [0.2, 0.25) is 0 Å². The van der Waals surface area contributed by atoms with Gasteiger partial charge in [0.2, 0.25) is 0 Å². The molecule has 3 aliphatic carbocycles. The molecule has 2 heterocycles. The van der Waals surface area contributed by atoms with Gasteiger partial charge < -0.3 is 34.6 Å². The Morgan fingerprint density at radius 1 is 1.25 bits per heavy atom. The Morgan fingerprint density at radius 2 is 1.91 bits per heavy atom. The van der Waals surface area contributed by atoms with Crippen LogP contribution in [-0.4, -0.2) is 92.7 Å². The molecule has 1 saturated heterocycles. The Hall–Kier alpha value is 1.57. The van der Waals surface area contributed by atoms with E-state index in [1.54, 1.807) is 34.6 Å². The summed E-state index contributed by atoms with van der Waals surface area (Å²) in [6, 6.07) is 3.68. The van der Waals surface area contributed by atoms with Gasteiger partial charge in [-0.3, -0.25) is 4.79 Å². The molecule has 2 radical (unpaired) electrons. The molecule has 4 N–H and O–H groups in total. The molecule has 240 valence electrons. The second-order valence-electron chi connectivity index (χ2n) is 13.4. The van der Waals surface area contributed by atoms with Crippen LogP contribution >= 0.6 is 23.1 Å². The minimum atomic E-state index is -1.63. The van der Waals surface area contributed by atoms with Gasteiger partial charge in [-0.2, -0.15) is 0 Å². The van der Waals surface area contributed by atoms with Gasteiger partial charge in [0.1, 0.15) is 17.8 Å². The minimum Gasteiger partial charge on any atom is -0.456 e. The molecule has 8 unspecified atom stereocenters. The molecule has 5 rings (SSSR count). The Kier molecular flexibility index (Phi) is 13.1. The zero-order chi connectivity index (χ0) is 31.0. The molecule has 9 nitrogen and oxygen atoms in total. The van der Waals surface area contributed by atoms with Crippen molar-refractivity contribution in [3.8, 4) is 0 Å². The van der Waals surface area contributed by atoms with Gasteiger partial charge in [0.05, 0.1) is 35.8 Å². The molecule has 0 spiro atoms. The Labute approximate surface area is 339 Å². The number of thioether (sulfide) groups is 1. The SMILES string of the molecule is CSCOC1CC2OCC2(O)C2[C@H](C)C3(O)CC(OC(=O)C(O)[C@@H](C)c4cccs4)C(C)=C(C(O)C(=O)[C@]12C)C3(C)C.[Ac].[Ac]. The summed E-state index contributed by atoms with van der Waals surface area (Å²) in [7, 11) is 0. The average Bonchev–Trinajstić information content (AvgIpc) is 3.47. The number of fused-ring (bicyclic) bond motifs is 5. The topological polar surface area (TPSA) is 143 Å². The van der Waals surface area contributed by atoms with Crippen molar-refractivity contribution in [2.75, 3.05) is 18.8 Å². The van der Waals surface area contributed by atoms with E-state index in [0.717, 1.165) is 4.88 Å². The van der Waals surface area contributed by atoms with Crippen molar-refractivity contribution in [3.05, 3.63) is 33.5 Å². The predicted octanol–water partition coefficient (Wildman–Crippen LogP) is 3.04. The summed E-state index contributed by atoms with van der Waals surface area (Å²) < 4.78 is 17.9. The van der Waals surface area contributed by atoms with Crippen LogP contribution in [0.25, 0.3) is 0 Å². The first-order valence-corrected chi connectivity index (χ1v) is 16.9. The van der Waals surface area contributed by atoms with Crippen LogP contribution in [0.15, 0.2) is 28.7 Å². The van der Waals surface area contributed by atoms with Gasteiger partial charge in [-0.15, -0.1) is 23.1 Å². The maximum atomic E-state index is 14.5. The molecule has 1 aromatic heterocycles. The zero-order valence-corrected chi connectivity index (χ0v) is 37.6. The smallest absolute Gasteiger partial charge is 0.336 e. The fourth-order valence-electron chi connectivity index (χ4n) is 8.60. The van der Waals surface area contributed by atoms with Crippen molar-refractivity contribution >= 4 is 34.9 Å². The molecule has 2 saturated carbocycles. The third kappa shape index (κ3) is 6.02. The number of aliphatic hydroxyl groups is 4. The van der Waals surface area contributed by atoms with E-state index in [1.165, 1.54) is 23.1 Å². The summed E-state index contributed by atoms with van der Waals surface area (Å²) in [5.74, 6) is -3.05. The molecular formula is C31H44Ac2O9S2. The molecule has 44 heavy (non-hydrogen) atoms. The van der Waals surface area contributed by atoms with Crippen molar-refractivity contribution in [2.45, 2.75) is 102 Å². The summed E-state index contributed by atoms with van der Waals surface area (Å²) in [6.45, 7) is 10.6. The van der Waals surface area contributed by atoms with Gasteiger partial charge in [-0.25, -0.2) is 4.79 Å². The van der Waals surface area contributed by atoms with Crippen molar-refractivity contribution in [1.29, 1.82) is 0 Å². The maximum Gasteiger partial charge on any atom is 0.336 e. The molecule has 11 atom stereocenters. The number of carbonyl (C=O) groups is 2. The van der Waals surface area contributed by atoms with Crippen molar-refractivity contribution in [3.63, 3.8) is 0 Å². The fourth-order valence-corrected chi connectivity index (χ4v) is 9.72. The Balaban J connectivity index is 0.00000264. The number of rotatable bonds is 7. The Bertz CT molecular complexity index is 1260. The third-order valence-corrected chi connectivity index (χ3v) is 12.6. The number of carbonyl (C=O) groups excluding carboxylic acids is 2. The van der Waals surface area contributed by atoms with E-state index in [-0.39, 0.29) is 108 Å². The van der Waals surface area contributed by atoms with Gasteiger partial charge in [0, 0.05) is 123 Å². The summed E-state index contributed by atoms with van der Waals surface area (Å²) in [4.78, 5) is 28.6. The zero-order valence-electron chi connectivity index (χ0n) is 26.5. The van der Waals surface area contributed by atoms with Crippen LogP contribution in [0.1, 0.15) is 65.2 Å². The quantitative estimate of drug-likeness (QED) is 0.183. The van der Waals surface area contributed by atoms with Crippen molar-refractivity contribution in [1.82, 2.24) is 0 Å². The maximum absolute atomic E-state index is 14.5. The predicted molar refractivity (Wildman–Crippen MR) is 159 cm³/mol. The van der Waals surface area contributed by atoms with Crippen LogP contribution in [0.4, 0.5) is 0 Å². The van der Waals surface area contributed by atoms with Crippen LogP contribution < -0.4 is 0 Å². The van der Waals surface area contributed by atoms with Crippen LogP contribution in [0, 0.1) is 111 Å². The number of Topliss-reactive ketones (excluding diaryl/α,β-unsaturated/α-hetero) is 1. The van der Waals surface area contributed by atoms with E-state index in [0.29, 0.717) is 17.1 Å². The number of esters is 1. The van der Waals surface area contributed by atoms with Crippen LogP contribution in [-0.2, 0) is 23.8 Å². The van der Waals surface area contributed by atoms with E-state index >= 15 is 0 Å². The van der Waals surface area contributed by atoms with E-state index in [9.17, 15) is 30.0 Å². The largest absolute Gasteiger partial charge is 0.456 e. The molecular weight excluding hydrogens is 1030 g/mol. The first-order valence-electron chi connectivity index (χ1n) is 14.6. The number of ether oxygens (including phenoxy) is 3. The second-order valence-corrected chi connectivity index (χ2v) is 15.2. The molecule has 0 aromatic carbocycles. The standard InChI is InChI=1S/C31H44O9S2.2Ac/c1-15-18(40-27(35)23(32)16(2)19-9-8-10-42-19)12-31(37)17(3)25-29(6,26(34)24(33)22(15)28(31,4)5)20(39-14-41-7)11-21-30(25,36)13-38-21;;/h8-10,16-18,20-21,23-25,32-33,36-37H,11-14H2,1-7H3;;/t16-,17-,18?,20?,21?,23?,24?,25?,29+,30?,31?;;/m0../s1. The number of hydrogen-bond acceptors (Lipinski definition) is 11. The first-order chi connectivity index (χ1) is 19.6. The molecule has 0 amide bonds. The molecule has 3 fully saturated rings. The van der Waals surface area contributed by atoms with Gasteiger partial charge >= 0.3 is 5.97 Å². The third-order valence-electron chi connectivity index (χ3n) is 11.2. The summed E-state index contributed by atoms with van der Waals surface area (Å²) in [5, 5.41) is 49.4. The average molecular weight is 1080 g/mol. The molecule has 1 aliphatic heterocycles. The van der Waals surface area contributed by atoms with E-state index in [4.69, 9.17) is 14.2 Å². The minimum absolute atomic E-state index is 0. The molecule has 4 aliphatic rings. The number of aliphatic hydroxyl groups excluding tert-OH is 2. The number of thiophene rings is 1. The summed E-state index contributed by atoms with van der Waals surface area (Å²) in [5.41, 5.74) is -4.72. The van der Waals surface area contributed by atoms with Crippen LogP contribution in [0.5, 0.6) is 0 Å². The molecule has 13 heteroatoms. The van der Waals surface area contributed by atoms with Crippen molar-refractivity contribution < 1.29 is 132 Å². The number of hydrogen-bond donors (Lipinski definition) is 4. The van der Waals surface area contributed by atoms with E-state index in [2.05, 4.69) is 0 Å². The second kappa shape index (κ2) is 14.4. The molecule has 2 bridgehead atoms. The van der Waals surface area contributed by atoms with E-state index in [1.807, 2.05) is 30.7 Å². The normalized spacial score (nSPS) is 40.5. The van der Waals surface area contributed by atoms with Gasteiger partial charge in [-0.1, -0.05) is 33.8 Å². The monoisotopic (exact) mass is 1080 g/mol. The van der Waals surface area contributed by atoms with Crippen LogP contribution in [0.3, 0.4) is 0 Å². The van der Waals surface area contributed by atoms with E-state index < -0.39 is 82.1 Å². The fraction of sp³-hybridized carbons (Fsp3) is 0.742. The van der Waals surface area contributed by atoms with Gasteiger partial charge in [0.25, 0.3) is 0 Å². The summed E-state index contributed by atoms with van der Waals surface area (Å²) >= 11 is 2.89. The van der Waals surface area contributed by atoms with Gasteiger partial charge in [0.15, 0.2) is 11.9 Å². The van der Waals surface area contributed by atoms with Crippen molar-refractivity contribution in [2.24, 2.45) is 22.7 Å². The van der Waals surface area contributed by atoms with Gasteiger partial charge in [-0.05, 0) is 48.6 Å².